The van der Waals surface area contributed by atoms with Gasteiger partial charge in [0.05, 0.1) is 21.0 Å². The van der Waals surface area contributed by atoms with Crippen LogP contribution in [0, 0.1) is 37.5 Å². The highest BCUT2D eigenvalue weighted by Gasteiger charge is 2.57. The lowest BCUT2D eigenvalue weighted by Crippen LogP contribution is -2.57. The lowest BCUT2D eigenvalue weighted by molar-refractivity contribution is -0.385. The third kappa shape index (κ3) is 5.54. The first kappa shape index (κ1) is 28.3. The summed E-state index contributed by atoms with van der Waals surface area (Å²) in [7, 11) is 0. The van der Waals surface area contributed by atoms with Gasteiger partial charge in [-0.2, -0.15) is 0 Å². The summed E-state index contributed by atoms with van der Waals surface area (Å²) in [6.45, 7) is 9.62. The van der Waals surface area contributed by atoms with E-state index in [2.05, 4.69) is 6.58 Å². The molecule has 1 saturated carbocycles. The summed E-state index contributed by atoms with van der Waals surface area (Å²) in [5, 5.41) is 22.0. The maximum absolute atomic E-state index is 13.3. The van der Waals surface area contributed by atoms with Gasteiger partial charge in [0.25, 0.3) is 11.4 Å². The lowest BCUT2D eigenvalue weighted by Gasteiger charge is -2.55. The molecular weight excluding hydrogens is 520 g/mol. The number of rotatable bonds is 6. The summed E-state index contributed by atoms with van der Waals surface area (Å²) in [6, 6.07) is 9.85. The second-order valence-corrected chi connectivity index (χ2v) is 10.7. The molecule has 40 heavy (non-hydrogen) atoms. The number of fused-ring (bicyclic) bond motifs is 1. The third-order valence-electron chi connectivity index (χ3n) is 7.70. The van der Waals surface area contributed by atoms with E-state index in [1.807, 2.05) is 13.8 Å². The van der Waals surface area contributed by atoms with Gasteiger partial charge >= 0.3 is 11.9 Å². The van der Waals surface area contributed by atoms with E-state index in [4.69, 9.17) is 9.47 Å². The summed E-state index contributed by atoms with van der Waals surface area (Å²) in [5.74, 6) is -2.49. The predicted octanol–water partition coefficient (Wildman–Crippen LogP) is 5.39. The van der Waals surface area contributed by atoms with Crippen LogP contribution in [0.15, 0.2) is 72.3 Å². The van der Waals surface area contributed by atoms with Crippen molar-refractivity contribution in [3.63, 3.8) is 0 Å². The van der Waals surface area contributed by atoms with Gasteiger partial charge in [0, 0.05) is 36.6 Å². The van der Waals surface area contributed by atoms with Gasteiger partial charge in [-0.3, -0.25) is 25.0 Å². The Morgan fingerprint density at radius 2 is 1.38 bits per heavy atom. The topological polar surface area (TPSA) is 156 Å². The highest BCUT2D eigenvalue weighted by atomic mass is 16.6. The zero-order valence-electron chi connectivity index (χ0n) is 22.2. The Hall–Kier alpha value is -4.67. The van der Waals surface area contributed by atoms with Crippen molar-refractivity contribution >= 4 is 29.1 Å². The minimum Gasteiger partial charge on any atom is -0.454 e. The number of hydrogen-bond donors (Lipinski definition) is 0. The van der Waals surface area contributed by atoms with Crippen molar-refractivity contribution < 1.29 is 33.7 Å². The first-order valence-corrected chi connectivity index (χ1v) is 12.6. The quantitative estimate of drug-likeness (QED) is 0.152. The molecule has 0 heterocycles. The SMILES string of the molecule is C=C1C(=O)C/C=C(\C)[C@@H](OC(=O)c2ccc([N+](=O)[O-])cc2)[C@@H](OC(=O)c2ccc([N+](=O)[O-])cc2)[C@H]2[C@@H]1CC2(C)C. The minimum absolute atomic E-state index is 0.0307. The number of esters is 2. The van der Waals surface area contributed by atoms with Crippen LogP contribution >= 0.6 is 0 Å². The van der Waals surface area contributed by atoms with Crippen LogP contribution in [0.5, 0.6) is 0 Å². The lowest BCUT2D eigenvalue weighted by atomic mass is 9.51. The molecular formula is C29H28N2O9. The number of hydrogen-bond acceptors (Lipinski definition) is 9. The fourth-order valence-corrected chi connectivity index (χ4v) is 5.49. The van der Waals surface area contributed by atoms with E-state index >= 15 is 0 Å². The van der Waals surface area contributed by atoms with Crippen LogP contribution in [0.25, 0.3) is 0 Å². The molecule has 11 heteroatoms. The van der Waals surface area contributed by atoms with Crippen molar-refractivity contribution in [2.75, 3.05) is 0 Å². The second-order valence-electron chi connectivity index (χ2n) is 10.7. The Balaban J connectivity index is 1.73. The Morgan fingerprint density at radius 1 is 0.900 bits per heavy atom. The molecule has 1 fully saturated rings. The molecule has 0 aliphatic heterocycles. The highest BCUT2D eigenvalue weighted by Crippen LogP contribution is 2.57. The van der Waals surface area contributed by atoms with Gasteiger partial charge in [0.15, 0.2) is 11.9 Å². The van der Waals surface area contributed by atoms with E-state index in [-0.39, 0.29) is 40.6 Å². The van der Waals surface area contributed by atoms with Crippen LogP contribution in [0.3, 0.4) is 0 Å². The first-order chi connectivity index (χ1) is 18.8. The van der Waals surface area contributed by atoms with E-state index in [0.717, 1.165) is 0 Å². The molecule has 2 aliphatic carbocycles. The molecule has 0 amide bonds. The van der Waals surface area contributed by atoms with Crippen molar-refractivity contribution in [1.82, 2.24) is 0 Å². The van der Waals surface area contributed by atoms with E-state index in [9.17, 15) is 34.6 Å². The molecule has 0 unspecified atom stereocenters. The van der Waals surface area contributed by atoms with Gasteiger partial charge in [0.1, 0.15) is 6.10 Å². The van der Waals surface area contributed by atoms with Gasteiger partial charge < -0.3 is 9.47 Å². The summed E-state index contributed by atoms with van der Waals surface area (Å²) >= 11 is 0. The molecule has 0 bridgehead atoms. The molecule has 0 spiro atoms. The number of nitro benzene ring substituents is 2. The summed E-state index contributed by atoms with van der Waals surface area (Å²) < 4.78 is 11.9. The molecule has 0 aromatic heterocycles. The van der Waals surface area contributed by atoms with E-state index in [1.165, 1.54) is 48.5 Å². The van der Waals surface area contributed by atoms with Crippen molar-refractivity contribution in [2.45, 2.75) is 45.8 Å². The van der Waals surface area contributed by atoms with Crippen molar-refractivity contribution in [2.24, 2.45) is 17.3 Å². The number of nitrogens with zero attached hydrogens (tertiary/aromatic N) is 2. The number of non-ortho nitro benzene ring substituents is 2. The largest absolute Gasteiger partial charge is 0.454 e. The maximum Gasteiger partial charge on any atom is 0.338 e. The number of ketones is 1. The molecule has 208 valence electrons. The molecule has 0 N–H and O–H groups in total. The Kier molecular flexibility index (Phi) is 7.68. The molecule has 4 atom stereocenters. The Labute approximate surface area is 229 Å². The summed E-state index contributed by atoms with van der Waals surface area (Å²) in [6.07, 6.45) is 0.137. The Morgan fingerprint density at radius 3 is 1.82 bits per heavy atom. The van der Waals surface area contributed by atoms with Gasteiger partial charge in [0.2, 0.25) is 0 Å². The number of allylic oxidation sites excluding steroid dienone is 2. The molecule has 4 rings (SSSR count). The van der Waals surface area contributed by atoms with E-state index in [1.54, 1.807) is 13.0 Å². The highest BCUT2D eigenvalue weighted by molar-refractivity contribution is 5.97. The first-order valence-electron chi connectivity index (χ1n) is 12.6. The van der Waals surface area contributed by atoms with Crippen LogP contribution in [-0.2, 0) is 14.3 Å². The van der Waals surface area contributed by atoms with Crippen LogP contribution in [0.4, 0.5) is 11.4 Å². The van der Waals surface area contributed by atoms with Crippen molar-refractivity contribution in [3.8, 4) is 0 Å². The van der Waals surface area contributed by atoms with Crippen LogP contribution in [-0.4, -0.2) is 39.8 Å². The maximum atomic E-state index is 13.3. The van der Waals surface area contributed by atoms with Gasteiger partial charge in [-0.15, -0.1) is 0 Å². The third-order valence-corrected chi connectivity index (χ3v) is 7.70. The fourth-order valence-electron chi connectivity index (χ4n) is 5.49. The zero-order valence-corrected chi connectivity index (χ0v) is 22.2. The van der Waals surface area contributed by atoms with Gasteiger partial charge in [-0.1, -0.05) is 26.5 Å². The summed E-state index contributed by atoms with van der Waals surface area (Å²) in [5.41, 5.74) is 0.216. The standard InChI is InChI=1S/C29H28N2O9/c1-16-5-14-23(32)17(2)22-15-29(3,4)24(22)26(40-28(34)19-8-12-21(13-9-19)31(37)38)25(16)39-27(33)18-6-10-20(11-7-18)30(35)36/h5-13,22,24-26H,2,14-15H2,1,3-4H3/b16-5+/t22-,24-,25-,26+/m1/s1. The molecule has 2 aliphatic rings. The van der Waals surface area contributed by atoms with Crippen LogP contribution < -0.4 is 0 Å². The van der Waals surface area contributed by atoms with Crippen LogP contribution in [0.2, 0.25) is 0 Å². The normalized spacial score (nSPS) is 25.0. The molecule has 0 radical (unpaired) electrons. The molecule has 2 aromatic carbocycles. The molecule has 11 nitrogen and oxygen atoms in total. The van der Waals surface area contributed by atoms with Crippen LogP contribution in [0.1, 0.15) is 54.3 Å². The minimum atomic E-state index is -1.09. The summed E-state index contributed by atoms with van der Waals surface area (Å²) in [4.78, 5) is 60.3. The van der Waals surface area contributed by atoms with Gasteiger partial charge in [-0.25, -0.2) is 9.59 Å². The number of Topliss-reactive ketones (excluding diaryl/α,β-unsaturated/α-hetero) is 1. The number of carbonyl (C=O) groups excluding carboxylic acids is 3. The zero-order chi connectivity index (χ0) is 29.4. The van der Waals surface area contributed by atoms with E-state index in [0.29, 0.717) is 17.6 Å². The van der Waals surface area contributed by atoms with Crippen molar-refractivity contribution in [3.05, 3.63) is 104 Å². The van der Waals surface area contributed by atoms with Crippen molar-refractivity contribution in [1.29, 1.82) is 0 Å². The molecule has 2 aromatic rings. The van der Waals surface area contributed by atoms with Gasteiger partial charge in [-0.05, 0) is 60.1 Å². The van der Waals surface area contributed by atoms with E-state index < -0.39 is 45.3 Å². The predicted molar refractivity (Wildman–Crippen MR) is 142 cm³/mol. The second kappa shape index (κ2) is 10.8. The average molecular weight is 549 g/mol. The number of nitro groups is 2. The smallest absolute Gasteiger partial charge is 0.338 e. The number of benzene rings is 2. The fraction of sp³-hybridized carbons (Fsp3) is 0.345. The molecule has 0 saturated heterocycles. The monoisotopic (exact) mass is 548 g/mol. The Bertz CT molecular complexity index is 1420. The average Bonchev–Trinajstić information content (AvgIpc) is 2.94. The number of carbonyl (C=O) groups is 3. The number of ether oxygens (including phenoxy) is 2.